The van der Waals surface area contributed by atoms with E-state index in [4.69, 9.17) is 9.73 Å². The molecular weight excluding hydrogens is 362 g/mol. The van der Waals surface area contributed by atoms with Gasteiger partial charge in [0.05, 0.1) is 11.9 Å². The molecule has 3 aromatic carbocycles. The van der Waals surface area contributed by atoms with E-state index < -0.39 is 0 Å². The second-order valence-corrected chi connectivity index (χ2v) is 7.29. The molecule has 1 N–H and O–H groups in total. The molecule has 1 atom stereocenters. The molecule has 0 aliphatic heterocycles. The van der Waals surface area contributed by atoms with Crippen molar-refractivity contribution >= 4 is 21.8 Å². The normalized spacial score (nSPS) is 12.6. The van der Waals surface area contributed by atoms with E-state index in [0.29, 0.717) is 0 Å². The number of benzene rings is 3. The summed E-state index contributed by atoms with van der Waals surface area (Å²) in [6.45, 7) is 5.01. The summed E-state index contributed by atoms with van der Waals surface area (Å²) < 4.78 is 6.81. The van der Waals surface area contributed by atoms with E-state index in [0.717, 1.165) is 34.5 Å². The summed E-state index contributed by atoms with van der Waals surface area (Å²) in [6, 6.07) is 20.8. The van der Waals surface area contributed by atoms with Crippen molar-refractivity contribution in [3.63, 3.8) is 0 Å². The van der Waals surface area contributed by atoms with Crippen molar-refractivity contribution in [1.29, 1.82) is 0 Å². The van der Waals surface area contributed by atoms with Gasteiger partial charge in [0.2, 0.25) is 0 Å². The Morgan fingerprint density at radius 1 is 1.00 bits per heavy atom. The summed E-state index contributed by atoms with van der Waals surface area (Å²) in [4.78, 5) is 0. The Morgan fingerprint density at radius 3 is 2.76 bits per heavy atom. The van der Waals surface area contributed by atoms with Crippen molar-refractivity contribution in [1.82, 2.24) is 25.4 Å². The van der Waals surface area contributed by atoms with Gasteiger partial charge in [-0.15, -0.1) is 0 Å². The first-order valence-electron chi connectivity index (χ1n) is 9.68. The third-order valence-electron chi connectivity index (χ3n) is 5.44. The lowest BCUT2D eigenvalue weighted by Gasteiger charge is -2.15. The quantitative estimate of drug-likeness (QED) is 0.475. The second-order valence-electron chi connectivity index (χ2n) is 7.29. The minimum Gasteiger partial charge on any atom is -0.306 e. The van der Waals surface area contributed by atoms with E-state index in [9.17, 15) is 0 Å². The summed E-state index contributed by atoms with van der Waals surface area (Å²) in [5.41, 5.74) is 6.10. The zero-order valence-corrected chi connectivity index (χ0v) is 16.3. The SMILES string of the molecule is Cc1c([C@H](C)NCc2ccc3nonc3c2)cnn1-c1cccc2ccccc12. The Balaban J connectivity index is 1.39. The van der Waals surface area contributed by atoms with Crippen LogP contribution in [0.3, 0.4) is 0 Å². The summed E-state index contributed by atoms with van der Waals surface area (Å²) in [6.07, 6.45) is 1.96. The number of rotatable bonds is 5. The summed E-state index contributed by atoms with van der Waals surface area (Å²) in [5, 5.41) is 18.4. The number of nitrogens with zero attached hydrogens (tertiary/aromatic N) is 4. The highest BCUT2D eigenvalue weighted by Crippen LogP contribution is 2.26. The lowest BCUT2D eigenvalue weighted by atomic mass is 10.1. The standard InChI is InChI=1S/C23H21N5O/c1-15(24-13-17-10-11-21-22(12-17)27-29-26-21)20-14-25-28(16(20)2)23-9-5-7-18-6-3-4-8-19(18)23/h3-12,14-15,24H,13H2,1-2H3/t15-/m0/s1. The third-order valence-corrected chi connectivity index (χ3v) is 5.44. The fourth-order valence-electron chi connectivity index (χ4n) is 3.80. The molecule has 0 radical (unpaired) electrons. The molecule has 0 spiro atoms. The molecule has 5 aromatic rings. The first-order valence-corrected chi connectivity index (χ1v) is 9.68. The van der Waals surface area contributed by atoms with Crippen LogP contribution in [0, 0.1) is 6.92 Å². The Kier molecular flexibility index (Phi) is 4.33. The fourth-order valence-corrected chi connectivity index (χ4v) is 3.80. The maximum Gasteiger partial charge on any atom is 0.135 e. The molecule has 0 fully saturated rings. The van der Waals surface area contributed by atoms with E-state index in [1.807, 2.05) is 29.1 Å². The molecule has 0 unspecified atom stereocenters. The largest absolute Gasteiger partial charge is 0.306 e. The van der Waals surface area contributed by atoms with Crippen molar-refractivity contribution in [3.8, 4) is 5.69 Å². The smallest absolute Gasteiger partial charge is 0.135 e. The van der Waals surface area contributed by atoms with Crippen LogP contribution in [0.4, 0.5) is 0 Å². The summed E-state index contributed by atoms with van der Waals surface area (Å²) >= 11 is 0. The van der Waals surface area contributed by atoms with Gasteiger partial charge in [-0.2, -0.15) is 5.10 Å². The molecule has 144 valence electrons. The van der Waals surface area contributed by atoms with Gasteiger partial charge in [-0.05, 0) is 53.3 Å². The fraction of sp³-hybridized carbons (Fsp3) is 0.174. The van der Waals surface area contributed by atoms with E-state index >= 15 is 0 Å². The highest BCUT2D eigenvalue weighted by molar-refractivity contribution is 5.90. The van der Waals surface area contributed by atoms with E-state index in [2.05, 4.69) is 71.9 Å². The van der Waals surface area contributed by atoms with Gasteiger partial charge in [0.15, 0.2) is 0 Å². The topological polar surface area (TPSA) is 68.8 Å². The molecule has 2 aromatic heterocycles. The van der Waals surface area contributed by atoms with E-state index in [1.165, 1.54) is 16.3 Å². The summed E-state index contributed by atoms with van der Waals surface area (Å²) in [7, 11) is 0. The number of fused-ring (bicyclic) bond motifs is 2. The molecule has 2 heterocycles. The van der Waals surface area contributed by atoms with Gasteiger partial charge in [-0.1, -0.05) is 42.5 Å². The second kappa shape index (κ2) is 7.14. The van der Waals surface area contributed by atoms with Crippen LogP contribution in [0.2, 0.25) is 0 Å². The van der Waals surface area contributed by atoms with Gasteiger partial charge in [-0.25, -0.2) is 9.31 Å². The molecule has 5 rings (SSSR count). The minimum atomic E-state index is 0.157. The molecule has 0 saturated carbocycles. The van der Waals surface area contributed by atoms with Gasteiger partial charge in [-0.3, -0.25) is 0 Å². The monoisotopic (exact) mass is 383 g/mol. The molecule has 6 heteroatoms. The van der Waals surface area contributed by atoms with Crippen molar-refractivity contribution < 1.29 is 4.63 Å². The van der Waals surface area contributed by atoms with Crippen LogP contribution in [0.5, 0.6) is 0 Å². The Morgan fingerprint density at radius 2 is 1.83 bits per heavy atom. The highest BCUT2D eigenvalue weighted by atomic mass is 16.6. The number of hydrogen-bond donors (Lipinski definition) is 1. The van der Waals surface area contributed by atoms with Crippen molar-refractivity contribution in [3.05, 3.63) is 83.7 Å². The maximum atomic E-state index is 4.77. The lowest BCUT2D eigenvalue weighted by Crippen LogP contribution is -2.18. The van der Waals surface area contributed by atoms with Crippen LogP contribution in [-0.4, -0.2) is 20.1 Å². The first kappa shape index (κ1) is 17.6. The summed E-state index contributed by atoms with van der Waals surface area (Å²) in [5.74, 6) is 0. The zero-order valence-electron chi connectivity index (χ0n) is 16.3. The molecule has 0 saturated heterocycles. The lowest BCUT2D eigenvalue weighted by molar-refractivity contribution is 0.315. The molecule has 29 heavy (non-hydrogen) atoms. The van der Waals surface area contributed by atoms with Gasteiger partial charge in [0, 0.05) is 29.2 Å². The van der Waals surface area contributed by atoms with Gasteiger partial charge in [0.1, 0.15) is 11.0 Å². The highest BCUT2D eigenvalue weighted by Gasteiger charge is 2.15. The molecule has 0 aliphatic rings. The molecule has 6 nitrogen and oxygen atoms in total. The average molecular weight is 383 g/mol. The average Bonchev–Trinajstić information content (AvgIpc) is 3.37. The number of nitrogens with one attached hydrogen (secondary N) is 1. The molecule has 0 bridgehead atoms. The van der Waals surface area contributed by atoms with E-state index in [1.54, 1.807) is 0 Å². The van der Waals surface area contributed by atoms with Crippen LogP contribution in [0.1, 0.15) is 29.8 Å². The van der Waals surface area contributed by atoms with Crippen LogP contribution < -0.4 is 5.32 Å². The molecular formula is C23H21N5O. The van der Waals surface area contributed by atoms with Gasteiger partial charge >= 0.3 is 0 Å². The Hall–Kier alpha value is -3.51. The Labute approximate surface area is 168 Å². The van der Waals surface area contributed by atoms with E-state index in [-0.39, 0.29) is 6.04 Å². The van der Waals surface area contributed by atoms with Crippen molar-refractivity contribution in [2.24, 2.45) is 0 Å². The predicted octanol–water partition coefficient (Wildman–Crippen LogP) is 4.72. The molecule has 0 amide bonds. The minimum absolute atomic E-state index is 0.157. The van der Waals surface area contributed by atoms with Crippen LogP contribution >= 0.6 is 0 Å². The number of hydrogen-bond acceptors (Lipinski definition) is 5. The Bertz CT molecular complexity index is 1300. The third kappa shape index (κ3) is 3.17. The van der Waals surface area contributed by atoms with Crippen LogP contribution in [0.25, 0.3) is 27.5 Å². The zero-order chi connectivity index (χ0) is 19.8. The van der Waals surface area contributed by atoms with Crippen molar-refractivity contribution in [2.75, 3.05) is 0 Å². The number of aromatic nitrogens is 4. The van der Waals surface area contributed by atoms with Crippen LogP contribution in [-0.2, 0) is 6.54 Å². The van der Waals surface area contributed by atoms with Gasteiger partial charge in [0.25, 0.3) is 0 Å². The van der Waals surface area contributed by atoms with Crippen molar-refractivity contribution in [2.45, 2.75) is 26.4 Å². The van der Waals surface area contributed by atoms with Gasteiger partial charge < -0.3 is 5.32 Å². The van der Waals surface area contributed by atoms with Crippen LogP contribution in [0.15, 0.2) is 71.5 Å². The molecule has 0 aliphatic carbocycles. The first-order chi connectivity index (χ1) is 14.2. The predicted molar refractivity (Wildman–Crippen MR) is 113 cm³/mol. The maximum absolute atomic E-state index is 4.77.